The van der Waals surface area contributed by atoms with Crippen LogP contribution in [0.4, 0.5) is 13.2 Å². The van der Waals surface area contributed by atoms with Gasteiger partial charge < -0.3 is 15.4 Å². The Bertz CT molecular complexity index is 1100. The number of fused-ring (bicyclic) bond motifs is 1. The second-order valence-electron chi connectivity index (χ2n) is 8.70. The van der Waals surface area contributed by atoms with Crippen molar-refractivity contribution in [2.75, 3.05) is 6.54 Å². The van der Waals surface area contributed by atoms with Crippen LogP contribution in [-0.4, -0.2) is 28.6 Å². The van der Waals surface area contributed by atoms with E-state index in [1.165, 1.54) is 18.2 Å². The van der Waals surface area contributed by atoms with Crippen molar-refractivity contribution in [2.45, 2.75) is 38.7 Å². The lowest BCUT2D eigenvalue weighted by molar-refractivity contribution is -0.131. The topological polar surface area (TPSA) is 65.1 Å². The van der Waals surface area contributed by atoms with Crippen molar-refractivity contribution in [2.24, 2.45) is 11.8 Å². The number of halogens is 3. The van der Waals surface area contributed by atoms with E-state index in [1.54, 1.807) is 26.0 Å². The summed E-state index contributed by atoms with van der Waals surface area (Å²) in [6.45, 7) is 3.99. The predicted molar refractivity (Wildman–Crippen MR) is 113 cm³/mol. The number of H-pyrrole nitrogens is 1. The summed E-state index contributed by atoms with van der Waals surface area (Å²) in [5.74, 6) is -1.99. The van der Waals surface area contributed by atoms with E-state index in [4.69, 9.17) is 0 Å². The highest BCUT2D eigenvalue weighted by Crippen LogP contribution is 2.48. The van der Waals surface area contributed by atoms with Crippen molar-refractivity contribution in [3.05, 3.63) is 59.4 Å². The summed E-state index contributed by atoms with van der Waals surface area (Å²) < 4.78 is 41.8. The number of hydrogen-bond donors (Lipinski definition) is 3. The first-order valence-corrected chi connectivity index (χ1v) is 10.5. The molecule has 7 heteroatoms. The molecule has 1 aromatic heterocycles. The molecule has 1 amide bonds. The van der Waals surface area contributed by atoms with Crippen LogP contribution in [0.1, 0.15) is 38.2 Å². The van der Waals surface area contributed by atoms with Gasteiger partial charge in [0.2, 0.25) is 5.91 Å². The molecule has 0 radical (unpaired) electrons. The summed E-state index contributed by atoms with van der Waals surface area (Å²) in [6.07, 6.45) is 0.426. The molecule has 4 nitrogen and oxygen atoms in total. The van der Waals surface area contributed by atoms with Crippen molar-refractivity contribution < 1.29 is 23.1 Å². The van der Waals surface area contributed by atoms with Crippen LogP contribution >= 0.6 is 0 Å². The molecule has 3 N–H and O–H groups in total. The minimum absolute atomic E-state index is 0.0481. The zero-order chi connectivity index (χ0) is 22.3. The van der Waals surface area contributed by atoms with Crippen LogP contribution in [0.25, 0.3) is 22.2 Å². The van der Waals surface area contributed by atoms with Gasteiger partial charge in [-0.1, -0.05) is 13.8 Å². The van der Waals surface area contributed by atoms with Crippen molar-refractivity contribution in [1.29, 1.82) is 0 Å². The third-order valence-electron chi connectivity index (χ3n) is 6.11. The van der Waals surface area contributed by atoms with Crippen LogP contribution < -0.4 is 5.32 Å². The molecule has 31 heavy (non-hydrogen) atoms. The van der Waals surface area contributed by atoms with Gasteiger partial charge in [0.25, 0.3) is 0 Å². The highest BCUT2D eigenvalue weighted by molar-refractivity contribution is 5.92. The van der Waals surface area contributed by atoms with Crippen molar-refractivity contribution >= 4 is 16.8 Å². The van der Waals surface area contributed by atoms with Gasteiger partial charge in [-0.3, -0.25) is 4.79 Å². The number of benzene rings is 2. The Balaban J connectivity index is 1.58. The number of aromatic amines is 1. The lowest BCUT2D eigenvalue weighted by atomic mass is 9.70. The minimum atomic E-state index is -1.04. The van der Waals surface area contributed by atoms with Gasteiger partial charge >= 0.3 is 0 Å². The molecule has 0 aliphatic heterocycles. The molecule has 1 heterocycles. The van der Waals surface area contributed by atoms with Gasteiger partial charge in [0.1, 0.15) is 23.6 Å². The van der Waals surface area contributed by atoms with Gasteiger partial charge in [0.15, 0.2) is 0 Å². The summed E-state index contributed by atoms with van der Waals surface area (Å²) in [7, 11) is 0. The number of aliphatic hydroxyl groups is 1. The minimum Gasteiger partial charge on any atom is -0.383 e. The zero-order valence-electron chi connectivity index (χ0n) is 17.4. The summed E-state index contributed by atoms with van der Waals surface area (Å²) in [5.41, 5.74) is 2.39. The molecule has 1 fully saturated rings. The zero-order valence-corrected chi connectivity index (χ0v) is 17.4. The van der Waals surface area contributed by atoms with E-state index in [9.17, 15) is 23.1 Å². The number of hydrogen-bond acceptors (Lipinski definition) is 2. The van der Waals surface area contributed by atoms with E-state index in [0.29, 0.717) is 23.2 Å². The monoisotopic (exact) mass is 430 g/mol. The lowest BCUT2D eigenvalue weighted by Crippen LogP contribution is -2.42. The van der Waals surface area contributed by atoms with E-state index in [1.807, 2.05) is 0 Å². The summed E-state index contributed by atoms with van der Waals surface area (Å²) in [6, 6.07) is 8.06. The van der Waals surface area contributed by atoms with E-state index >= 15 is 0 Å². The maximum absolute atomic E-state index is 14.4. The van der Waals surface area contributed by atoms with Gasteiger partial charge in [0, 0.05) is 18.0 Å². The van der Waals surface area contributed by atoms with Crippen LogP contribution in [0.3, 0.4) is 0 Å². The third-order valence-corrected chi connectivity index (χ3v) is 6.11. The van der Waals surface area contributed by atoms with E-state index in [0.717, 1.165) is 24.5 Å². The molecule has 3 aromatic rings. The Morgan fingerprint density at radius 3 is 2.45 bits per heavy atom. The van der Waals surface area contributed by atoms with Gasteiger partial charge in [-0.2, -0.15) is 0 Å². The maximum Gasteiger partial charge on any atom is 0.249 e. The van der Waals surface area contributed by atoms with Gasteiger partial charge in [-0.05, 0) is 72.1 Å². The van der Waals surface area contributed by atoms with E-state index in [-0.39, 0.29) is 35.0 Å². The molecule has 1 aliphatic rings. The SMILES string of the molecule is CC(C)C(O)C(=O)NCC1CC(c2c(-c3ccc(F)cc3)[nH]c3c(F)cc(F)cc23)C1. The highest BCUT2D eigenvalue weighted by Gasteiger charge is 2.35. The first kappa shape index (κ1) is 21.4. The third kappa shape index (κ3) is 4.19. The molecule has 4 rings (SSSR count). The van der Waals surface area contributed by atoms with Crippen molar-refractivity contribution in [1.82, 2.24) is 10.3 Å². The largest absolute Gasteiger partial charge is 0.383 e. The quantitative estimate of drug-likeness (QED) is 0.522. The van der Waals surface area contributed by atoms with Crippen LogP contribution in [0, 0.1) is 29.3 Å². The Kier molecular flexibility index (Phi) is 5.79. The van der Waals surface area contributed by atoms with E-state index in [2.05, 4.69) is 10.3 Å². The molecule has 1 aliphatic carbocycles. The van der Waals surface area contributed by atoms with Gasteiger partial charge in [0.05, 0.1) is 11.2 Å². The molecule has 2 aromatic carbocycles. The van der Waals surface area contributed by atoms with Crippen LogP contribution in [-0.2, 0) is 4.79 Å². The number of rotatable bonds is 6. The fraction of sp³-hybridized carbons (Fsp3) is 0.375. The molecular formula is C24H25F3N2O2. The molecule has 1 saturated carbocycles. The van der Waals surface area contributed by atoms with Crippen LogP contribution in [0.15, 0.2) is 36.4 Å². The fourth-order valence-corrected chi connectivity index (χ4v) is 4.30. The number of amides is 1. The normalized spacial score (nSPS) is 19.5. The second-order valence-corrected chi connectivity index (χ2v) is 8.70. The Morgan fingerprint density at radius 1 is 1.13 bits per heavy atom. The average molecular weight is 430 g/mol. The number of aromatic nitrogens is 1. The Morgan fingerprint density at radius 2 is 1.81 bits per heavy atom. The van der Waals surface area contributed by atoms with Crippen molar-refractivity contribution in [3.8, 4) is 11.3 Å². The Hall–Kier alpha value is -2.80. The van der Waals surface area contributed by atoms with E-state index < -0.39 is 17.7 Å². The summed E-state index contributed by atoms with van der Waals surface area (Å²) in [5, 5.41) is 13.1. The summed E-state index contributed by atoms with van der Waals surface area (Å²) >= 11 is 0. The van der Waals surface area contributed by atoms with Crippen molar-refractivity contribution in [3.63, 3.8) is 0 Å². The second kappa shape index (κ2) is 8.38. The molecule has 0 spiro atoms. The molecular weight excluding hydrogens is 405 g/mol. The number of aliphatic hydroxyl groups excluding tert-OH is 1. The van der Waals surface area contributed by atoms with Crippen LogP contribution in [0.5, 0.6) is 0 Å². The first-order valence-electron chi connectivity index (χ1n) is 10.5. The average Bonchev–Trinajstić information content (AvgIpc) is 3.06. The molecule has 0 bridgehead atoms. The smallest absolute Gasteiger partial charge is 0.249 e. The highest BCUT2D eigenvalue weighted by atomic mass is 19.1. The van der Waals surface area contributed by atoms with Gasteiger partial charge in [-0.25, -0.2) is 13.2 Å². The first-order chi connectivity index (χ1) is 14.7. The predicted octanol–water partition coefficient (Wildman–Crippen LogP) is 4.88. The number of nitrogens with one attached hydrogen (secondary N) is 2. The maximum atomic E-state index is 14.4. The number of carbonyl (C=O) groups excluding carboxylic acids is 1. The molecule has 1 unspecified atom stereocenters. The Labute approximate surface area is 178 Å². The molecule has 1 atom stereocenters. The molecule has 0 saturated heterocycles. The number of carbonyl (C=O) groups is 1. The molecule has 164 valence electrons. The van der Waals surface area contributed by atoms with Gasteiger partial charge in [-0.15, -0.1) is 0 Å². The summed E-state index contributed by atoms with van der Waals surface area (Å²) in [4.78, 5) is 15.0. The standard InChI is InChI=1S/C24H25F3N2O2/c1-12(2)23(30)24(31)28-11-13-7-15(8-13)20-18-9-17(26)10-19(27)22(18)29-21(20)14-3-5-16(25)6-4-14/h3-6,9-10,12-13,15,23,29-30H,7-8,11H2,1-2H3,(H,28,31). The fourth-order valence-electron chi connectivity index (χ4n) is 4.30. The van der Waals surface area contributed by atoms with Crippen LogP contribution in [0.2, 0.25) is 0 Å². The lowest BCUT2D eigenvalue weighted by Gasteiger charge is -2.36.